The van der Waals surface area contributed by atoms with Gasteiger partial charge in [0.1, 0.15) is 0 Å². The molecule has 0 aromatic carbocycles. The van der Waals surface area contributed by atoms with Gasteiger partial charge in [-0.3, -0.25) is 0 Å². The van der Waals surface area contributed by atoms with E-state index in [2.05, 4.69) is 39.9 Å². The van der Waals surface area contributed by atoms with Crippen LogP contribution in [0.25, 0.3) is 0 Å². The molecule has 102 valence electrons. The predicted octanol–water partition coefficient (Wildman–Crippen LogP) is 4.62. The van der Waals surface area contributed by atoms with Crippen LogP contribution >= 0.6 is 0 Å². The standard InChI is InChI=1S/C16H33N/c1-6-9-16(5,12-17-15-7-8-15)11-14(4)10-13(2)3/h13-15,17H,6-12H2,1-5H3. The highest BCUT2D eigenvalue weighted by Crippen LogP contribution is 2.34. The van der Waals surface area contributed by atoms with Gasteiger partial charge in [0, 0.05) is 12.6 Å². The van der Waals surface area contributed by atoms with E-state index in [-0.39, 0.29) is 0 Å². The Labute approximate surface area is 109 Å². The summed E-state index contributed by atoms with van der Waals surface area (Å²) in [6.07, 6.45) is 8.27. The number of rotatable bonds is 9. The first-order valence-corrected chi connectivity index (χ1v) is 7.68. The monoisotopic (exact) mass is 239 g/mol. The van der Waals surface area contributed by atoms with Crippen molar-refractivity contribution >= 4 is 0 Å². The topological polar surface area (TPSA) is 12.0 Å². The average molecular weight is 239 g/mol. The Morgan fingerprint density at radius 2 is 1.88 bits per heavy atom. The molecule has 0 aromatic heterocycles. The molecule has 0 bridgehead atoms. The maximum Gasteiger partial charge on any atom is 0.00684 e. The summed E-state index contributed by atoms with van der Waals surface area (Å²) in [6, 6.07) is 0.853. The fourth-order valence-electron chi connectivity index (χ4n) is 3.27. The molecule has 0 saturated heterocycles. The molecule has 0 aliphatic heterocycles. The van der Waals surface area contributed by atoms with Gasteiger partial charge in [0.15, 0.2) is 0 Å². The van der Waals surface area contributed by atoms with E-state index in [0.29, 0.717) is 5.41 Å². The molecular weight excluding hydrogens is 206 g/mol. The third-order valence-electron chi connectivity index (χ3n) is 3.96. The summed E-state index contributed by atoms with van der Waals surface area (Å²) in [6.45, 7) is 13.2. The molecule has 0 aromatic rings. The maximum atomic E-state index is 3.74. The van der Waals surface area contributed by atoms with Gasteiger partial charge >= 0.3 is 0 Å². The molecule has 17 heavy (non-hydrogen) atoms. The van der Waals surface area contributed by atoms with E-state index < -0.39 is 0 Å². The lowest BCUT2D eigenvalue weighted by molar-refractivity contribution is 0.203. The number of hydrogen-bond donors (Lipinski definition) is 1. The van der Waals surface area contributed by atoms with Gasteiger partial charge in [-0.2, -0.15) is 0 Å². The van der Waals surface area contributed by atoms with Crippen molar-refractivity contribution in [1.29, 1.82) is 0 Å². The molecule has 1 heteroatoms. The predicted molar refractivity (Wildman–Crippen MR) is 77.3 cm³/mol. The van der Waals surface area contributed by atoms with Crippen LogP contribution in [0, 0.1) is 17.3 Å². The summed E-state index contributed by atoms with van der Waals surface area (Å²) >= 11 is 0. The van der Waals surface area contributed by atoms with Gasteiger partial charge in [0.2, 0.25) is 0 Å². The molecule has 1 aliphatic carbocycles. The SMILES string of the molecule is CCCC(C)(CNC1CC1)CC(C)CC(C)C. The van der Waals surface area contributed by atoms with Gasteiger partial charge < -0.3 is 5.32 Å². The molecule has 2 unspecified atom stereocenters. The normalized spacial score (nSPS) is 21.5. The van der Waals surface area contributed by atoms with Crippen LogP contribution in [-0.4, -0.2) is 12.6 Å². The van der Waals surface area contributed by atoms with Crippen LogP contribution in [0.15, 0.2) is 0 Å². The second-order valence-corrected chi connectivity index (χ2v) is 7.15. The summed E-state index contributed by atoms with van der Waals surface area (Å²) in [5.41, 5.74) is 0.519. The van der Waals surface area contributed by atoms with Crippen LogP contribution in [-0.2, 0) is 0 Å². The van der Waals surface area contributed by atoms with Crippen LogP contribution in [0.3, 0.4) is 0 Å². The van der Waals surface area contributed by atoms with E-state index in [1.807, 2.05) is 0 Å². The summed E-state index contributed by atoms with van der Waals surface area (Å²) < 4.78 is 0. The highest BCUT2D eigenvalue weighted by Gasteiger charge is 2.29. The highest BCUT2D eigenvalue weighted by molar-refractivity contribution is 4.86. The van der Waals surface area contributed by atoms with E-state index in [4.69, 9.17) is 0 Å². The first kappa shape index (κ1) is 15.0. The van der Waals surface area contributed by atoms with Gasteiger partial charge in [-0.15, -0.1) is 0 Å². The Hall–Kier alpha value is -0.0400. The Morgan fingerprint density at radius 3 is 2.35 bits per heavy atom. The quantitative estimate of drug-likeness (QED) is 0.619. The summed E-state index contributed by atoms with van der Waals surface area (Å²) in [5, 5.41) is 3.74. The van der Waals surface area contributed by atoms with E-state index in [1.54, 1.807) is 0 Å². The summed E-state index contributed by atoms with van der Waals surface area (Å²) in [5.74, 6) is 1.71. The molecule has 1 nitrogen and oxygen atoms in total. The lowest BCUT2D eigenvalue weighted by atomic mass is 9.76. The van der Waals surface area contributed by atoms with Crippen molar-refractivity contribution in [2.24, 2.45) is 17.3 Å². The third kappa shape index (κ3) is 6.45. The minimum Gasteiger partial charge on any atom is -0.313 e. The van der Waals surface area contributed by atoms with Crippen LogP contribution < -0.4 is 5.32 Å². The molecule has 1 fully saturated rings. The highest BCUT2D eigenvalue weighted by atomic mass is 15.0. The minimum atomic E-state index is 0.519. The van der Waals surface area contributed by atoms with Crippen LogP contribution in [0.1, 0.15) is 73.1 Å². The van der Waals surface area contributed by atoms with Crippen LogP contribution in [0.5, 0.6) is 0 Å². The lowest BCUT2D eigenvalue weighted by Gasteiger charge is -2.33. The molecule has 1 rings (SSSR count). The van der Waals surface area contributed by atoms with Gasteiger partial charge in [0.25, 0.3) is 0 Å². The smallest absolute Gasteiger partial charge is 0.00684 e. The Morgan fingerprint density at radius 1 is 1.24 bits per heavy atom. The van der Waals surface area contributed by atoms with Crippen molar-refractivity contribution in [3.63, 3.8) is 0 Å². The van der Waals surface area contributed by atoms with Crippen molar-refractivity contribution in [3.05, 3.63) is 0 Å². The lowest BCUT2D eigenvalue weighted by Crippen LogP contribution is -2.34. The second-order valence-electron chi connectivity index (χ2n) is 7.15. The van der Waals surface area contributed by atoms with Gasteiger partial charge in [0.05, 0.1) is 0 Å². The van der Waals surface area contributed by atoms with E-state index >= 15 is 0 Å². The van der Waals surface area contributed by atoms with Crippen molar-refractivity contribution in [1.82, 2.24) is 5.32 Å². The third-order valence-corrected chi connectivity index (χ3v) is 3.96. The minimum absolute atomic E-state index is 0.519. The zero-order chi connectivity index (χ0) is 12.9. The summed E-state index contributed by atoms with van der Waals surface area (Å²) in [7, 11) is 0. The first-order valence-electron chi connectivity index (χ1n) is 7.68. The van der Waals surface area contributed by atoms with E-state index in [1.165, 1.54) is 45.1 Å². The zero-order valence-corrected chi connectivity index (χ0v) is 12.7. The molecule has 1 N–H and O–H groups in total. The fraction of sp³-hybridized carbons (Fsp3) is 1.00. The Balaban J connectivity index is 2.37. The maximum absolute atomic E-state index is 3.74. The molecule has 0 heterocycles. The average Bonchev–Trinajstić information content (AvgIpc) is 2.96. The largest absolute Gasteiger partial charge is 0.313 e. The van der Waals surface area contributed by atoms with Crippen LogP contribution in [0.2, 0.25) is 0 Å². The van der Waals surface area contributed by atoms with E-state index in [9.17, 15) is 0 Å². The van der Waals surface area contributed by atoms with Crippen LogP contribution in [0.4, 0.5) is 0 Å². The summed E-state index contributed by atoms with van der Waals surface area (Å²) in [4.78, 5) is 0. The molecule has 2 atom stereocenters. The van der Waals surface area contributed by atoms with Crippen molar-refractivity contribution in [3.8, 4) is 0 Å². The van der Waals surface area contributed by atoms with E-state index in [0.717, 1.165) is 17.9 Å². The molecule has 1 saturated carbocycles. The molecule has 1 aliphatic rings. The molecule has 0 amide bonds. The molecule has 0 spiro atoms. The fourth-order valence-corrected chi connectivity index (χ4v) is 3.27. The van der Waals surface area contributed by atoms with Crippen molar-refractivity contribution < 1.29 is 0 Å². The Kier molecular flexibility index (Phi) is 5.99. The second kappa shape index (κ2) is 6.78. The Bertz CT molecular complexity index is 208. The molecule has 0 radical (unpaired) electrons. The number of nitrogens with one attached hydrogen (secondary N) is 1. The molecular formula is C16H33N. The first-order chi connectivity index (χ1) is 7.95. The van der Waals surface area contributed by atoms with Gasteiger partial charge in [-0.1, -0.05) is 41.0 Å². The van der Waals surface area contributed by atoms with Crippen molar-refractivity contribution in [2.75, 3.05) is 6.54 Å². The zero-order valence-electron chi connectivity index (χ0n) is 12.7. The van der Waals surface area contributed by atoms with Gasteiger partial charge in [-0.25, -0.2) is 0 Å². The van der Waals surface area contributed by atoms with Crippen molar-refractivity contribution in [2.45, 2.75) is 79.2 Å². The number of hydrogen-bond acceptors (Lipinski definition) is 1. The van der Waals surface area contributed by atoms with Gasteiger partial charge in [-0.05, 0) is 49.4 Å².